The molecule has 2 aromatic carbocycles. The summed E-state index contributed by atoms with van der Waals surface area (Å²) in [6.07, 6.45) is 4.32. The van der Waals surface area contributed by atoms with Gasteiger partial charge in [-0.2, -0.15) is 0 Å². The van der Waals surface area contributed by atoms with E-state index in [0.717, 1.165) is 42.6 Å². The molecule has 0 radical (unpaired) electrons. The Bertz CT molecular complexity index is 928. The molecule has 2 aromatic rings. The van der Waals surface area contributed by atoms with Crippen LogP contribution in [0.5, 0.6) is 11.5 Å². The number of ketones is 1. The first-order valence-corrected chi connectivity index (χ1v) is 9.87. The maximum Gasteiger partial charge on any atom is 0.251 e. The highest BCUT2D eigenvalue weighted by atomic mass is 16.7. The Morgan fingerprint density at radius 2 is 1.71 bits per heavy atom. The summed E-state index contributed by atoms with van der Waals surface area (Å²) in [6.45, 7) is 3.87. The van der Waals surface area contributed by atoms with Crippen LogP contribution in [0.25, 0.3) is 0 Å². The maximum absolute atomic E-state index is 12.5. The number of hydrogen-bond donors (Lipinski definition) is 1. The summed E-state index contributed by atoms with van der Waals surface area (Å²) in [4.78, 5) is 24.8. The van der Waals surface area contributed by atoms with Crippen LogP contribution in [0.1, 0.15) is 60.0 Å². The van der Waals surface area contributed by atoms with Gasteiger partial charge in [0.25, 0.3) is 5.79 Å². The van der Waals surface area contributed by atoms with Gasteiger partial charge in [0.05, 0.1) is 0 Å². The average Bonchev–Trinajstić information content (AvgIpc) is 3.27. The summed E-state index contributed by atoms with van der Waals surface area (Å²) < 4.78 is 12.0. The van der Waals surface area contributed by atoms with Crippen molar-refractivity contribution in [1.82, 2.24) is 0 Å². The van der Waals surface area contributed by atoms with Crippen LogP contribution in [-0.2, 0) is 4.79 Å². The van der Waals surface area contributed by atoms with Gasteiger partial charge in [0.15, 0.2) is 17.3 Å². The molecule has 5 heteroatoms. The minimum absolute atomic E-state index is 0.00906. The van der Waals surface area contributed by atoms with E-state index in [0.29, 0.717) is 17.0 Å². The van der Waals surface area contributed by atoms with Crippen LogP contribution >= 0.6 is 0 Å². The fourth-order valence-corrected chi connectivity index (χ4v) is 3.91. The van der Waals surface area contributed by atoms with Crippen molar-refractivity contribution in [2.24, 2.45) is 0 Å². The fourth-order valence-electron chi connectivity index (χ4n) is 3.91. The standard InChI is InChI=1S/C23H25NO4/c1-15-5-6-16(2)18(13-15)19(25)8-10-22(26)24-17-7-9-20-21(14-17)28-23(27-20)11-3-4-12-23/h5-7,9,13-14H,3-4,8,10-12H2,1-2H3,(H,24,26). The molecule has 1 saturated carbocycles. The molecule has 0 atom stereocenters. The van der Waals surface area contributed by atoms with Crippen molar-refractivity contribution >= 4 is 17.4 Å². The third kappa shape index (κ3) is 3.75. The number of benzene rings is 2. The number of amides is 1. The van der Waals surface area contributed by atoms with Gasteiger partial charge in [0, 0.05) is 43.0 Å². The normalized spacial score (nSPS) is 16.4. The second-order valence-corrected chi connectivity index (χ2v) is 7.77. The van der Waals surface area contributed by atoms with E-state index in [1.165, 1.54) is 0 Å². The molecule has 1 N–H and O–H groups in total. The van der Waals surface area contributed by atoms with Gasteiger partial charge in [-0.3, -0.25) is 9.59 Å². The molecule has 4 rings (SSSR count). The lowest BCUT2D eigenvalue weighted by Crippen LogP contribution is -2.34. The SMILES string of the molecule is Cc1ccc(C)c(C(=O)CCC(=O)Nc2ccc3c(c2)OC2(CCCC2)O3)c1. The van der Waals surface area contributed by atoms with E-state index >= 15 is 0 Å². The average molecular weight is 379 g/mol. The molecule has 1 aliphatic carbocycles. The zero-order valence-electron chi connectivity index (χ0n) is 16.3. The number of Topliss-reactive ketones (excluding diaryl/α,β-unsaturated/α-hetero) is 1. The van der Waals surface area contributed by atoms with Crippen LogP contribution in [0.4, 0.5) is 5.69 Å². The zero-order valence-corrected chi connectivity index (χ0v) is 16.3. The molecule has 0 saturated heterocycles. The third-order valence-corrected chi connectivity index (χ3v) is 5.46. The number of rotatable bonds is 5. The number of hydrogen-bond acceptors (Lipinski definition) is 4. The van der Waals surface area contributed by atoms with Crippen molar-refractivity contribution < 1.29 is 19.1 Å². The van der Waals surface area contributed by atoms with Crippen molar-refractivity contribution in [3.8, 4) is 11.5 Å². The van der Waals surface area contributed by atoms with Crippen molar-refractivity contribution in [2.45, 2.75) is 58.2 Å². The first kappa shape index (κ1) is 18.5. The Kier molecular flexibility index (Phi) is 4.84. The van der Waals surface area contributed by atoms with Gasteiger partial charge in [-0.05, 0) is 50.5 Å². The van der Waals surface area contributed by atoms with E-state index < -0.39 is 5.79 Å². The van der Waals surface area contributed by atoms with Gasteiger partial charge in [0.1, 0.15) is 0 Å². The zero-order chi connectivity index (χ0) is 19.7. The minimum atomic E-state index is -0.511. The van der Waals surface area contributed by atoms with Crippen LogP contribution in [0.15, 0.2) is 36.4 Å². The van der Waals surface area contributed by atoms with Crippen LogP contribution < -0.4 is 14.8 Å². The van der Waals surface area contributed by atoms with Crippen LogP contribution in [0.2, 0.25) is 0 Å². The number of carbonyl (C=O) groups is 2. The number of carbonyl (C=O) groups excluding carboxylic acids is 2. The van der Waals surface area contributed by atoms with Gasteiger partial charge in [-0.25, -0.2) is 0 Å². The Morgan fingerprint density at radius 1 is 0.964 bits per heavy atom. The lowest BCUT2D eigenvalue weighted by atomic mass is 9.99. The molecule has 28 heavy (non-hydrogen) atoms. The second-order valence-electron chi connectivity index (χ2n) is 7.77. The maximum atomic E-state index is 12.5. The summed E-state index contributed by atoms with van der Waals surface area (Å²) in [5, 5.41) is 2.86. The van der Waals surface area contributed by atoms with Gasteiger partial charge < -0.3 is 14.8 Å². The summed E-state index contributed by atoms with van der Waals surface area (Å²) in [5.41, 5.74) is 3.32. The Labute approximate surface area is 165 Å². The molecule has 1 amide bonds. The number of aryl methyl sites for hydroxylation is 2. The van der Waals surface area contributed by atoms with Crippen molar-refractivity contribution in [3.05, 3.63) is 53.1 Å². The first-order chi connectivity index (χ1) is 13.4. The summed E-state index contributed by atoms with van der Waals surface area (Å²) in [6, 6.07) is 11.2. The van der Waals surface area contributed by atoms with E-state index in [1.807, 2.05) is 38.1 Å². The molecule has 1 fully saturated rings. The topological polar surface area (TPSA) is 64.6 Å². The monoisotopic (exact) mass is 379 g/mol. The van der Waals surface area contributed by atoms with Crippen molar-refractivity contribution in [1.29, 1.82) is 0 Å². The molecule has 2 aliphatic rings. The van der Waals surface area contributed by atoms with Gasteiger partial charge >= 0.3 is 0 Å². The fraction of sp³-hybridized carbons (Fsp3) is 0.391. The second kappa shape index (κ2) is 7.30. The Hall–Kier alpha value is -2.82. The van der Waals surface area contributed by atoms with E-state index in [1.54, 1.807) is 12.1 Å². The van der Waals surface area contributed by atoms with Crippen LogP contribution in [0.3, 0.4) is 0 Å². The van der Waals surface area contributed by atoms with E-state index in [2.05, 4.69) is 5.32 Å². The number of nitrogens with one attached hydrogen (secondary N) is 1. The summed E-state index contributed by atoms with van der Waals surface area (Å²) in [5.74, 6) is 0.692. The predicted molar refractivity (Wildman–Crippen MR) is 107 cm³/mol. The first-order valence-electron chi connectivity index (χ1n) is 9.87. The Balaban J connectivity index is 1.35. The summed E-state index contributed by atoms with van der Waals surface area (Å²) in [7, 11) is 0. The smallest absolute Gasteiger partial charge is 0.251 e. The molecular formula is C23H25NO4. The molecule has 0 bridgehead atoms. The van der Waals surface area contributed by atoms with Crippen molar-refractivity contribution in [2.75, 3.05) is 5.32 Å². The third-order valence-electron chi connectivity index (χ3n) is 5.46. The predicted octanol–water partition coefficient (Wildman–Crippen LogP) is 4.95. The van der Waals surface area contributed by atoms with Crippen LogP contribution in [-0.4, -0.2) is 17.5 Å². The van der Waals surface area contributed by atoms with Crippen molar-refractivity contribution in [3.63, 3.8) is 0 Å². The highest BCUT2D eigenvalue weighted by Crippen LogP contribution is 2.47. The molecule has 1 heterocycles. The highest BCUT2D eigenvalue weighted by molar-refractivity contribution is 6.01. The molecule has 5 nitrogen and oxygen atoms in total. The molecule has 0 aromatic heterocycles. The van der Waals surface area contributed by atoms with Gasteiger partial charge in [-0.15, -0.1) is 0 Å². The largest absolute Gasteiger partial charge is 0.448 e. The molecule has 1 aliphatic heterocycles. The minimum Gasteiger partial charge on any atom is -0.448 e. The molecule has 1 spiro atoms. The van der Waals surface area contributed by atoms with Gasteiger partial charge in [0.2, 0.25) is 5.91 Å². The number of anilines is 1. The van der Waals surface area contributed by atoms with Gasteiger partial charge in [-0.1, -0.05) is 17.7 Å². The van der Waals surface area contributed by atoms with E-state index in [4.69, 9.17) is 9.47 Å². The quantitative estimate of drug-likeness (QED) is 0.747. The molecular weight excluding hydrogens is 354 g/mol. The number of fused-ring (bicyclic) bond motifs is 1. The number of ether oxygens (including phenoxy) is 2. The van der Waals surface area contributed by atoms with E-state index in [9.17, 15) is 9.59 Å². The lowest BCUT2D eigenvalue weighted by molar-refractivity contribution is -0.116. The molecule has 0 unspecified atom stereocenters. The molecule has 146 valence electrons. The lowest BCUT2D eigenvalue weighted by Gasteiger charge is -2.21. The Morgan fingerprint density at radius 3 is 2.50 bits per heavy atom. The van der Waals surface area contributed by atoms with Crippen LogP contribution in [0, 0.1) is 13.8 Å². The van der Waals surface area contributed by atoms with E-state index in [-0.39, 0.29) is 24.5 Å². The highest BCUT2D eigenvalue weighted by Gasteiger charge is 2.44. The summed E-state index contributed by atoms with van der Waals surface area (Å²) >= 11 is 0.